The number of halogens is 3. The lowest BCUT2D eigenvalue weighted by atomic mass is 10.4. The monoisotopic (exact) mass is 293 g/mol. The molecule has 0 radical (unpaired) electrons. The fourth-order valence-corrected chi connectivity index (χ4v) is 1.29. The molecule has 6 nitrogen and oxygen atoms in total. The van der Waals surface area contributed by atoms with E-state index in [1.54, 1.807) is 20.9 Å². The Balaban J connectivity index is 2.86. The molecule has 1 aromatic rings. The maximum Gasteiger partial charge on any atom is 0.390 e. The Labute approximate surface area is 115 Å². The van der Waals surface area contributed by atoms with Gasteiger partial charge in [0.2, 0.25) is 11.9 Å². The summed E-state index contributed by atoms with van der Waals surface area (Å²) >= 11 is 0. The first-order valence-electron chi connectivity index (χ1n) is 6.09. The Morgan fingerprint density at radius 1 is 1.25 bits per heavy atom. The molecular weight excluding hydrogens is 275 g/mol. The smallest absolute Gasteiger partial charge is 0.390 e. The summed E-state index contributed by atoms with van der Waals surface area (Å²) in [6.07, 6.45) is -5.30. The summed E-state index contributed by atoms with van der Waals surface area (Å²) in [5.74, 6) is 0.369. The average molecular weight is 293 g/mol. The standard InChI is InChI=1S/C11H18F3N5O/c1-7(2)20-10-17-8(15-3)16-9(18-10)19(4)6-5-11(12,13)14/h7H,5-6H2,1-4H3,(H,15,16,17,18). The summed E-state index contributed by atoms with van der Waals surface area (Å²) in [6.45, 7) is 3.36. The molecule has 0 saturated carbocycles. The van der Waals surface area contributed by atoms with Crippen molar-refractivity contribution in [2.45, 2.75) is 32.5 Å². The summed E-state index contributed by atoms with van der Waals surface area (Å²) in [5, 5.41) is 2.72. The molecule has 0 fully saturated rings. The summed E-state index contributed by atoms with van der Waals surface area (Å²) in [5.41, 5.74) is 0. The molecule has 0 saturated heterocycles. The third-order valence-corrected chi connectivity index (χ3v) is 2.24. The van der Waals surface area contributed by atoms with Crippen molar-refractivity contribution < 1.29 is 17.9 Å². The van der Waals surface area contributed by atoms with Crippen LogP contribution in [0.2, 0.25) is 0 Å². The Morgan fingerprint density at radius 3 is 2.40 bits per heavy atom. The van der Waals surface area contributed by atoms with E-state index in [1.807, 2.05) is 0 Å². The lowest BCUT2D eigenvalue weighted by Gasteiger charge is -2.19. The van der Waals surface area contributed by atoms with Gasteiger partial charge in [0.15, 0.2) is 0 Å². The van der Waals surface area contributed by atoms with Crippen LogP contribution in [0.4, 0.5) is 25.1 Å². The van der Waals surface area contributed by atoms with Crippen molar-refractivity contribution in [1.29, 1.82) is 0 Å². The first-order valence-corrected chi connectivity index (χ1v) is 6.09. The zero-order chi connectivity index (χ0) is 15.3. The normalized spacial score (nSPS) is 11.6. The van der Waals surface area contributed by atoms with Crippen molar-refractivity contribution in [1.82, 2.24) is 15.0 Å². The Kier molecular flexibility index (Phi) is 5.34. The maximum absolute atomic E-state index is 12.2. The van der Waals surface area contributed by atoms with Crippen LogP contribution in [0.5, 0.6) is 6.01 Å². The molecule has 0 spiro atoms. The van der Waals surface area contributed by atoms with E-state index in [0.717, 1.165) is 0 Å². The van der Waals surface area contributed by atoms with Gasteiger partial charge in [0.05, 0.1) is 12.5 Å². The van der Waals surface area contributed by atoms with Crippen molar-refractivity contribution >= 4 is 11.9 Å². The van der Waals surface area contributed by atoms with Crippen molar-refractivity contribution in [3.05, 3.63) is 0 Å². The van der Waals surface area contributed by atoms with E-state index in [9.17, 15) is 13.2 Å². The third-order valence-electron chi connectivity index (χ3n) is 2.24. The average Bonchev–Trinajstić information content (AvgIpc) is 2.33. The number of hydrogen-bond acceptors (Lipinski definition) is 6. The van der Waals surface area contributed by atoms with E-state index < -0.39 is 12.6 Å². The summed E-state index contributed by atoms with van der Waals surface area (Å²) in [7, 11) is 3.09. The molecule has 0 atom stereocenters. The van der Waals surface area contributed by atoms with Crippen molar-refractivity contribution in [2.24, 2.45) is 0 Å². The summed E-state index contributed by atoms with van der Waals surface area (Å²) in [6, 6.07) is 0.0770. The molecule has 0 amide bonds. The van der Waals surface area contributed by atoms with Gasteiger partial charge in [-0.05, 0) is 13.8 Å². The van der Waals surface area contributed by atoms with Crippen LogP contribution < -0.4 is 15.0 Å². The Morgan fingerprint density at radius 2 is 1.90 bits per heavy atom. The highest BCUT2D eigenvalue weighted by molar-refractivity contribution is 5.37. The fourth-order valence-electron chi connectivity index (χ4n) is 1.29. The van der Waals surface area contributed by atoms with E-state index in [2.05, 4.69) is 20.3 Å². The fraction of sp³-hybridized carbons (Fsp3) is 0.727. The number of ether oxygens (including phenoxy) is 1. The minimum Gasteiger partial charge on any atom is -0.461 e. The highest BCUT2D eigenvalue weighted by Gasteiger charge is 2.27. The predicted molar refractivity (Wildman–Crippen MR) is 69.1 cm³/mol. The molecule has 1 heterocycles. The molecule has 0 unspecified atom stereocenters. The van der Waals surface area contributed by atoms with E-state index in [0.29, 0.717) is 0 Å². The molecule has 1 aromatic heterocycles. The molecule has 114 valence electrons. The molecule has 0 bridgehead atoms. The van der Waals surface area contributed by atoms with E-state index in [4.69, 9.17) is 4.74 Å². The van der Waals surface area contributed by atoms with Gasteiger partial charge >= 0.3 is 12.2 Å². The van der Waals surface area contributed by atoms with Crippen molar-refractivity contribution in [3.63, 3.8) is 0 Å². The third kappa shape index (κ3) is 5.45. The van der Waals surface area contributed by atoms with Gasteiger partial charge < -0.3 is 15.0 Å². The molecular formula is C11H18F3N5O. The highest BCUT2D eigenvalue weighted by Crippen LogP contribution is 2.21. The van der Waals surface area contributed by atoms with Crippen LogP contribution in [0, 0.1) is 0 Å². The first-order chi connectivity index (χ1) is 9.21. The van der Waals surface area contributed by atoms with Crippen LogP contribution in [-0.2, 0) is 0 Å². The first kappa shape index (κ1) is 16.3. The molecule has 0 aliphatic rings. The SMILES string of the molecule is CNc1nc(OC(C)C)nc(N(C)CCC(F)(F)F)n1. The Bertz CT molecular complexity index is 439. The van der Waals surface area contributed by atoms with Gasteiger partial charge in [0, 0.05) is 20.6 Å². The van der Waals surface area contributed by atoms with Gasteiger partial charge in [-0.15, -0.1) is 0 Å². The quantitative estimate of drug-likeness (QED) is 0.866. The van der Waals surface area contributed by atoms with Gasteiger partial charge in [-0.25, -0.2) is 0 Å². The van der Waals surface area contributed by atoms with E-state index in [-0.39, 0.29) is 30.6 Å². The van der Waals surface area contributed by atoms with Gasteiger partial charge in [-0.2, -0.15) is 28.1 Å². The number of nitrogens with one attached hydrogen (secondary N) is 1. The summed E-state index contributed by atoms with van der Waals surface area (Å²) in [4.78, 5) is 13.3. The second kappa shape index (κ2) is 6.58. The lowest BCUT2D eigenvalue weighted by molar-refractivity contribution is -0.132. The highest BCUT2D eigenvalue weighted by atomic mass is 19.4. The Hall–Kier alpha value is -1.80. The number of nitrogens with zero attached hydrogens (tertiary/aromatic N) is 4. The minimum atomic E-state index is -4.22. The van der Waals surface area contributed by atoms with Crippen LogP contribution in [0.25, 0.3) is 0 Å². The zero-order valence-corrected chi connectivity index (χ0v) is 11.8. The van der Waals surface area contributed by atoms with Crippen LogP contribution in [-0.4, -0.2) is 47.9 Å². The molecule has 1 N–H and O–H groups in total. The molecule has 20 heavy (non-hydrogen) atoms. The van der Waals surface area contributed by atoms with Gasteiger partial charge in [0.1, 0.15) is 0 Å². The maximum atomic E-state index is 12.2. The molecule has 0 aliphatic heterocycles. The van der Waals surface area contributed by atoms with Gasteiger partial charge in [0.25, 0.3) is 0 Å². The minimum absolute atomic E-state index is 0.0770. The number of anilines is 2. The number of aromatic nitrogens is 3. The van der Waals surface area contributed by atoms with Crippen LogP contribution in [0.15, 0.2) is 0 Å². The van der Waals surface area contributed by atoms with Crippen LogP contribution in [0.1, 0.15) is 20.3 Å². The predicted octanol–water partition coefficient (Wildman–Crippen LogP) is 2.09. The lowest BCUT2D eigenvalue weighted by Crippen LogP contribution is -2.26. The van der Waals surface area contributed by atoms with Crippen LogP contribution in [0.3, 0.4) is 0 Å². The topological polar surface area (TPSA) is 63.2 Å². The van der Waals surface area contributed by atoms with Crippen molar-refractivity contribution in [3.8, 4) is 6.01 Å². The van der Waals surface area contributed by atoms with E-state index >= 15 is 0 Å². The zero-order valence-electron chi connectivity index (χ0n) is 11.8. The largest absolute Gasteiger partial charge is 0.461 e. The second-order valence-corrected chi connectivity index (χ2v) is 4.44. The molecule has 9 heteroatoms. The molecule has 0 aliphatic carbocycles. The second-order valence-electron chi connectivity index (χ2n) is 4.44. The summed E-state index contributed by atoms with van der Waals surface area (Å²) < 4.78 is 42.0. The van der Waals surface area contributed by atoms with E-state index in [1.165, 1.54) is 11.9 Å². The molecule has 1 rings (SSSR count). The van der Waals surface area contributed by atoms with Gasteiger partial charge in [-0.1, -0.05) is 0 Å². The van der Waals surface area contributed by atoms with Gasteiger partial charge in [-0.3, -0.25) is 0 Å². The number of rotatable bonds is 6. The number of alkyl halides is 3. The van der Waals surface area contributed by atoms with Crippen LogP contribution >= 0.6 is 0 Å². The number of hydrogen-bond donors (Lipinski definition) is 1. The van der Waals surface area contributed by atoms with Crippen molar-refractivity contribution in [2.75, 3.05) is 30.9 Å². The molecule has 0 aromatic carbocycles.